The van der Waals surface area contributed by atoms with Crippen LogP contribution in [0.15, 0.2) is 72.8 Å². The summed E-state index contributed by atoms with van der Waals surface area (Å²) >= 11 is 0. The number of carbonyl (C=O) groups is 2. The number of carbonyl (C=O) groups excluding carboxylic acids is 1. The van der Waals surface area contributed by atoms with Crippen molar-refractivity contribution in [3.8, 4) is 0 Å². The van der Waals surface area contributed by atoms with Gasteiger partial charge in [-0.1, -0.05) is 54.6 Å². The van der Waals surface area contributed by atoms with Crippen LogP contribution in [-0.2, 0) is 4.79 Å². The fourth-order valence-electron chi connectivity index (χ4n) is 4.89. The maximum Gasteiger partial charge on any atom is 0.335 e. The van der Waals surface area contributed by atoms with Crippen molar-refractivity contribution in [2.75, 3.05) is 18.0 Å². The number of benzene rings is 3. The Kier molecular flexibility index (Phi) is 6.73. The van der Waals surface area contributed by atoms with Gasteiger partial charge in [0.1, 0.15) is 5.82 Å². The molecule has 0 radical (unpaired) electrons. The van der Waals surface area contributed by atoms with Crippen LogP contribution in [0.25, 0.3) is 0 Å². The van der Waals surface area contributed by atoms with E-state index in [1.807, 2.05) is 24.3 Å². The third-order valence-electron chi connectivity index (χ3n) is 6.37. The Morgan fingerprint density at radius 3 is 2.03 bits per heavy atom. The molecule has 1 aliphatic heterocycles. The number of piperidine rings is 1. The summed E-state index contributed by atoms with van der Waals surface area (Å²) in [5.41, 5.74) is 8.18. The molecule has 0 aliphatic carbocycles. The first-order chi connectivity index (χ1) is 16.0. The predicted octanol–water partition coefficient (Wildman–Crippen LogP) is 4.92. The Hall–Kier alpha value is -3.67. The van der Waals surface area contributed by atoms with Crippen LogP contribution in [0, 0.1) is 5.82 Å². The highest BCUT2D eigenvalue weighted by Gasteiger charge is 2.36. The molecule has 5 nitrogen and oxygen atoms in total. The number of aromatic carboxylic acids is 1. The van der Waals surface area contributed by atoms with Crippen molar-refractivity contribution < 1.29 is 19.1 Å². The van der Waals surface area contributed by atoms with E-state index >= 15 is 4.39 Å². The van der Waals surface area contributed by atoms with Gasteiger partial charge in [-0.2, -0.15) is 0 Å². The van der Waals surface area contributed by atoms with Gasteiger partial charge in [0, 0.05) is 24.7 Å². The Morgan fingerprint density at radius 2 is 1.39 bits per heavy atom. The molecule has 6 heteroatoms. The zero-order valence-electron chi connectivity index (χ0n) is 18.3. The van der Waals surface area contributed by atoms with Gasteiger partial charge in [-0.3, -0.25) is 4.79 Å². The third kappa shape index (κ3) is 4.60. The smallest absolute Gasteiger partial charge is 0.335 e. The maximum absolute atomic E-state index is 15.2. The molecule has 1 saturated heterocycles. The number of halogens is 1. The first-order valence-electron chi connectivity index (χ1n) is 11.2. The Morgan fingerprint density at radius 1 is 0.818 bits per heavy atom. The van der Waals surface area contributed by atoms with E-state index in [4.69, 9.17) is 5.73 Å². The second-order valence-electron chi connectivity index (χ2n) is 8.38. The van der Waals surface area contributed by atoms with Crippen molar-refractivity contribution in [1.82, 2.24) is 0 Å². The largest absolute Gasteiger partial charge is 0.478 e. The molecule has 33 heavy (non-hydrogen) atoms. The lowest BCUT2D eigenvalue weighted by Crippen LogP contribution is -2.33. The second kappa shape index (κ2) is 9.86. The monoisotopic (exact) mass is 446 g/mol. The number of carboxylic acid groups (broad SMARTS) is 1. The zero-order valence-corrected chi connectivity index (χ0v) is 18.3. The van der Waals surface area contributed by atoms with Gasteiger partial charge in [-0.15, -0.1) is 0 Å². The van der Waals surface area contributed by atoms with Crippen LogP contribution in [0.4, 0.5) is 10.1 Å². The van der Waals surface area contributed by atoms with Crippen LogP contribution in [0.5, 0.6) is 0 Å². The molecule has 2 unspecified atom stereocenters. The van der Waals surface area contributed by atoms with Crippen molar-refractivity contribution in [2.45, 2.75) is 31.1 Å². The lowest BCUT2D eigenvalue weighted by molar-refractivity contribution is -0.119. The minimum absolute atomic E-state index is 0.0157. The number of para-hydroxylation sites is 1. The topological polar surface area (TPSA) is 83.6 Å². The van der Waals surface area contributed by atoms with Crippen molar-refractivity contribution in [3.63, 3.8) is 0 Å². The number of nitrogens with two attached hydrogens (primary N) is 1. The number of hydrogen-bond acceptors (Lipinski definition) is 3. The summed E-state index contributed by atoms with van der Waals surface area (Å²) in [5, 5.41) is 9.80. The van der Waals surface area contributed by atoms with Crippen molar-refractivity contribution in [1.29, 1.82) is 0 Å². The quantitative estimate of drug-likeness (QED) is 0.540. The van der Waals surface area contributed by atoms with E-state index in [-0.39, 0.29) is 11.1 Å². The maximum atomic E-state index is 15.2. The van der Waals surface area contributed by atoms with E-state index in [1.54, 1.807) is 36.4 Å². The Labute approximate surface area is 192 Å². The highest BCUT2D eigenvalue weighted by molar-refractivity contribution is 5.94. The van der Waals surface area contributed by atoms with Crippen molar-refractivity contribution in [3.05, 3.63) is 101 Å². The molecule has 1 aliphatic rings. The van der Waals surface area contributed by atoms with Gasteiger partial charge >= 0.3 is 5.97 Å². The van der Waals surface area contributed by atoms with Gasteiger partial charge in [0.15, 0.2) is 0 Å². The number of rotatable bonds is 7. The molecule has 2 atom stereocenters. The van der Waals surface area contributed by atoms with Crippen LogP contribution in [0.3, 0.4) is 0 Å². The van der Waals surface area contributed by atoms with Gasteiger partial charge < -0.3 is 15.7 Å². The number of amides is 1. The summed E-state index contributed by atoms with van der Waals surface area (Å²) in [5.74, 6) is -4.18. The summed E-state index contributed by atoms with van der Waals surface area (Å²) in [7, 11) is 0. The fourth-order valence-corrected chi connectivity index (χ4v) is 4.89. The van der Waals surface area contributed by atoms with Crippen molar-refractivity contribution >= 4 is 17.6 Å². The SMILES string of the molecule is NC(=O)C(c1ccccc1C(=O)O)C(c1ccccc1F)c1ccccc1N1CCCCC1. The van der Waals surface area contributed by atoms with E-state index < -0.39 is 29.5 Å². The van der Waals surface area contributed by atoms with Crippen molar-refractivity contribution in [2.24, 2.45) is 5.73 Å². The van der Waals surface area contributed by atoms with E-state index in [0.29, 0.717) is 5.56 Å². The Balaban J connectivity index is 1.97. The molecular weight excluding hydrogens is 419 g/mol. The minimum Gasteiger partial charge on any atom is -0.478 e. The first kappa shape index (κ1) is 22.5. The Bertz CT molecular complexity index is 1160. The average Bonchev–Trinajstić information content (AvgIpc) is 2.83. The van der Waals surface area contributed by atoms with E-state index in [2.05, 4.69) is 4.90 Å². The normalized spacial score (nSPS) is 15.6. The first-order valence-corrected chi connectivity index (χ1v) is 11.2. The number of hydrogen-bond donors (Lipinski definition) is 2. The molecule has 1 amide bonds. The summed E-state index contributed by atoms with van der Waals surface area (Å²) < 4.78 is 15.2. The number of primary amides is 1. The van der Waals surface area contributed by atoms with Gasteiger partial charge in [0.25, 0.3) is 0 Å². The van der Waals surface area contributed by atoms with E-state index in [1.165, 1.54) is 12.1 Å². The molecular formula is C27H27FN2O3. The van der Waals surface area contributed by atoms with E-state index in [0.717, 1.165) is 43.6 Å². The molecule has 170 valence electrons. The molecule has 0 saturated carbocycles. The highest BCUT2D eigenvalue weighted by atomic mass is 19.1. The fraction of sp³-hybridized carbons (Fsp3) is 0.259. The van der Waals surface area contributed by atoms with Crippen LogP contribution in [0.2, 0.25) is 0 Å². The summed E-state index contributed by atoms with van der Waals surface area (Å²) in [6, 6.07) is 20.3. The zero-order chi connectivity index (χ0) is 23.4. The summed E-state index contributed by atoms with van der Waals surface area (Å²) in [6.45, 7) is 1.74. The summed E-state index contributed by atoms with van der Waals surface area (Å²) in [4.78, 5) is 27.2. The molecule has 4 rings (SSSR count). The minimum atomic E-state index is -1.16. The lowest BCUT2D eigenvalue weighted by atomic mass is 9.74. The number of anilines is 1. The van der Waals surface area contributed by atoms with E-state index in [9.17, 15) is 14.7 Å². The average molecular weight is 447 g/mol. The molecule has 0 spiro atoms. The third-order valence-corrected chi connectivity index (χ3v) is 6.37. The molecule has 3 aromatic carbocycles. The molecule has 0 bridgehead atoms. The lowest BCUT2D eigenvalue weighted by Gasteiger charge is -2.35. The van der Waals surface area contributed by atoms with Crippen LogP contribution < -0.4 is 10.6 Å². The second-order valence-corrected chi connectivity index (χ2v) is 8.38. The van der Waals surface area contributed by atoms with Crippen LogP contribution >= 0.6 is 0 Å². The standard InChI is InChI=1S/C27H27FN2O3/c28-22-14-6-4-12-20(22)24(21-13-5-7-15-23(21)30-16-8-1-9-17-30)25(26(29)31)18-10-2-3-11-19(18)27(32)33/h2-7,10-15,24-25H,1,8-9,16-17H2,(H2,29,31)(H,32,33). The highest BCUT2D eigenvalue weighted by Crippen LogP contribution is 2.44. The molecule has 3 aromatic rings. The summed E-state index contributed by atoms with van der Waals surface area (Å²) in [6.07, 6.45) is 3.27. The molecule has 1 heterocycles. The van der Waals surface area contributed by atoms with Gasteiger partial charge in [-0.25, -0.2) is 9.18 Å². The molecule has 1 fully saturated rings. The molecule has 0 aromatic heterocycles. The van der Waals surface area contributed by atoms with Crippen LogP contribution in [-0.4, -0.2) is 30.1 Å². The predicted molar refractivity (Wildman–Crippen MR) is 126 cm³/mol. The number of nitrogens with zero attached hydrogens (tertiary/aromatic N) is 1. The van der Waals surface area contributed by atoms with Crippen LogP contribution in [0.1, 0.15) is 58.1 Å². The molecule has 3 N–H and O–H groups in total. The van der Waals surface area contributed by atoms with Gasteiger partial charge in [-0.05, 0) is 54.2 Å². The number of carboxylic acids is 1. The van der Waals surface area contributed by atoms with Gasteiger partial charge in [0.2, 0.25) is 5.91 Å². The van der Waals surface area contributed by atoms with Gasteiger partial charge in [0.05, 0.1) is 11.5 Å².